The number of thioether (sulfide) groups is 2. The number of aliphatic carboxylic acids is 6. The molecule has 4 heterocycles. The predicted octanol–water partition coefficient (Wildman–Crippen LogP) is -14.7. The topological polar surface area (TPSA) is 899 Å². The first-order chi connectivity index (χ1) is 62.6. The summed E-state index contributed by atoms with van der Waals surface area (Å²) < 4.78 is 55.6. The zero-order chi connectivity index (χ0) is 101. The average molecular weight is 1970 g/mol. The molecule has 0 saturated carbocycles. The highest BCUT2D eigenvalue weighted by Gasteiger charge is 2.58. The van der Waals surface area contributed by atoms with Gasteiger partial charge in [-0.3, -0.25) is 81.5 Å². The Hall–Kier alpha value is -10.1. The summed E-state index contributed by atoms with van der Waals surface area (Å²) in [6.45, 7) is 6.71. The standard InChI is InChI=1S/C75H121N15O42S2/c1-24(59(104)81-27(4)66(111)112)80-64(109)39(22-133-20-35(76)68(115)116)87-45(99)14-12-37(70(119)120)90-61(106)26(3)79-63(108)30(7)125-58-50(86-34(11)98)75(129-44(19-94)56(58)132-73-47(83-31(8)95)52(102)51(101)41(16-91)127-73)130-54-42(17-92)128-74(48(53(54)103)84-32(9)96)131-55-43(18-93)126-72(123)49(85-33(10)97)57(55)124-29(6)62(107)78-25(2)60(105)89-38(71(121)122)13-15-46(100)88-40(23-134-21-36(77)69(117)118)65(110)82-28(5)67(113)114/h24-30,35-44,47-58,72-75,91-94,101-103,123H,12-23,76-77H2,1-11H3,(H,78,107)(H,79,108)(H,80,109)(H,81,104)(H,82,110)(H,83,95)(H,84,96)(H,85,97)(H,86,98)(H,87,99)(H,88,100)(H,89,105)(H,90,106)(H,111,112)(H,113,114)(H,115,116)(H,117,118)(H,119,120)(H,121,122). The lowest BCUT2D eigenvalue weighted by Gasteiger charge is -2.52. The Bertz CT molecular complexity index is 4080. The second-order valence-corrected chi connectivity index (χ2v) is 33.6. The molecule has 0 aromatic rings. The van der Waals surface area contributed by atoms with Crippen LogP contribution in [0.15, 0.2) is 0 Å². The van der Waals surface area contributed by atoms with Crippen molar-refractivity contribution in [3.05, 3.63) is 0 Å². The fraction of sp³-hybridized carbons (Fsp3) is 0.747. The van der Waals surface area contributed by atoms with Gasteiger partial charge in [0, 0.05) is 63.5 Å². The Balaban J connectivity index is 1.69. The highest BCUT2D eigenvalue weighted by atomic mass is 32.2. The van der Waals surface area contributed by atoms with Crippen molar-refractivity contribution in [2.75, 3.05) is 49.4 Å². The fourth-order valence-corrected chi connectivity index (χ4v) is 15.3. The molecule has 0 spiro atoms. The summed E-state index contributed by atoms with van der Waals surface area (Å²) in [5.74, 6) is -24.3. The van der Waals surface area contributed by atoms with Gasteiger partial charge in [0.1, 0.15) is 176 Å². The maximum absolute atomic E-state index is 14.5. The van der Waals surface area contributed by atoms with Crippen molar-refractivity contribution in [1.29, 1.82) is 0 Å². The average Bonchev–Trinajstić information content (AvgIpc) is 0.757. The van der Waals surface area contributed by atoms with Crippen molar-refractivity contribution in [2.24, 2.45) is 11.5 Å². The molecule has 4 rings (SSSR count). The van der Waals surface area contributed by atoms with Gasteiger partial charge in [-0.05, 0) is 61.3 Å². The van der Waals surface area contributed by atoms with Crippen molar-refractivity contribution in [3.8, 4) is 0 Å². The number of carbonyl (C=O) groups excluding carboxylic acids is 13. The van der Waals surface area contributed by atoms with Crippen molar-refractivity contribution in [2.45, 2.75) is 303 Å². The molecule has 4 aliphatic heterocycles. The van der Waals surface area contributed by atoms with Crippen molar-refractivity contribution in [1.82, 2.24) is 69.1 Å². The summed E-state index contributed by atoms with van der Waals surface area (Å²) in [4.78, 5) is 245. The van der Waals surface area contributed by atoms with E-state index in [1.54, 1.807) is 0 Å². The number of carbonyl (C=O) groups is 19. The van der Waals surface area contributed by atoms with E-state index in [0.29, 0.717) is 0 Å². The van der Waals surface area contributed by atoms with Crippen LogP contribution in [0.3, 0.4) is 0 Å². The van der Waals surface area contributed by atoms with Gasteiger partial charge in [-0.1, -0.05) is 0 Å². The number of amides is 13. The van der Waals surface area contributed by atoms with Gasteiger partial charge in [0.2, 0.25) is 76.8 Å². The zero-order valence-electron chi connectivity index (χ0n) is 74.2. The van der Waals surface area contributed by atoms with Gasteiger partial charge in [0.25, 0.3) is 0 Å². The SMILES string of the molecule is CC(=O)NC1C(OC2C(CO)OC(OC3C(CO)OC(OC4C(CO)OC(O)C(NC(C)=O)C4OC(C)C(=O)NC(C)C(=O)NC(CCC(=O)NC(CSCC(N)C(=O)O)C(=O)NC(C)C(=O)O)C(=O)O)C(NC(C)=O)C3O)C(NC(C)=O)C2OC(C)C(=O)NC(C)C(=O)NC(CCC(=O)NC(CSCC(N)C(=O)O)C(=O)NC(C)C(=O)NC(C)C(=O)O)C(=O)O)OC(CO)C(O)C1O. The Kier molecular flexibility index (Phi) is 47.8. The molecule has 134 heavy (non-hydrogen) atoms. The highest BCUT2D eigenvalue weighted by Crippen LogP contribution is 2.37. The third-order valence-electron chi connectivity index (χ3n) is 20.6. The first kappa shape index (κ1) is 116. The van der Waals surface area contributed by atoms with Crippen LogP contribution in [0, 0.1) is 0 Å². The summed E-state index contributed by atoms with van der Waals surface area (Å²) in [5, 5.41) is 177. The largest absolute Gasteiger partial charge is 0.480 e. The summed E-state index contributed by atoms with van der Waals surface area (Å²) in [5.41, 5.74) is 11.1. The molecule has 0 radical (unpaired) electrons. The molecule has 0 bridgehead atoms. The molecule has 4 fully saturated rings. The van der Waals surface area contributed by atoms with Gasteiger partial charge < -0.3 is 195 Å². The number of nitrogens with one attached hydrogen (secondary N) is 13. The van der Waals surface area contributed by atoms with Crippen LogP contribution in [0.4, 0.5) is 0 Å². The third-order valence-corrected chi connectivity index (χ3v) is 22.9. The quantitative estimate of drug-likeness (QED) is 0.0269. The molecule has 59 heteroatoms. The second kappa shape index (κ2) is 55.2. The third kappa shape index (κ3) is 35.5. The lowest BCUT2D eigenvalue weighted by atomic mass is 9.92. The number of rotatable bonds is 54. The minimum atomic E-state index is -2.31. The number of ether oxygens (including phenoxy) is 9. The number of aliphatic hydroxyl groups excluding tert-OH is 8. The normalized spacial score (nSPS) is 27.9. The van der Waals surface area contributed by atoms with Gasteiger partial charge in [-0.25, -0.2) is 9.59 Å². The van der Waals surface area contributed by atoms with E-state index in [-0.39, 0.29) is 23.0 Å². The second-order valence-electron chi connectivity index (χ2n) is 31.5. The van der Waals surface area contributed by atoms with Gasteiger partial charge in [-0.15, -0.1) is 0 Å². The summed E-state index contributed by atoms with van der Waals surface area (Å²) >= 11 is 1.57. The smallest absolute Gasteiger partial charge is 0.326 e. The number of aliphatic hydroxyl groups is 8. The molecule has 57 nitrogen and oxygen atoms in total. The molecule has 31 N–H and O–H groups in total. The van der Waals surface area contributed by atoms with E-state index >= 15 is 0 Å². The van der Waals surface area contributed by atoms with E-state index in [9.17, 15) is 163 Å². The van der Waals surface area contributed by atoms with E-state index in [4.69, 9.17) is 54.1 Å². The highest BCUT2D eigenvalue weighted by molar-refractivity contribution is 7.99. The molecule has 13 amide bonds. The van der Waals surface area contributed by atoms with Gasteiger partial charge in [0.05, 0.1) is 26.4 Å². The minimum Gasteiger partial charge on any atom is -0.480 e. The van der Waals surface area contributed by atoms with E-state index in [2.05, 4.69) is 69.1 Å². The number of nitrogens with two attached hydrogens (primary N) is 2. The maximum Gasteiger partial charge on any atom is 0.326 e. The van der Waals surface area contributed by atoms with Crippen LogP contribution in [-0.4, -0.2) is 435 Å². The lowest BCUT2D eigenvalue weighted by molar-refractivity contribution is -0.365. The summed E-state index contributed by atoms with van der Waals surface area (Å²) in [6, 6.07) is -25.2. The van der Waals surface area contributed by atoms with Crippen LogP contribution in [0.25, 0.3) is 0 Å². The van der Waals surface area contributed by atoms with Crippen molar-refractivity contribution >= 4 is 136 Å². The van der Waals surface area contributed by atoms with E-state index < -0.39 is 366 Å². The van der Waals surface area contributed by atoms with Crippen LogP contribution in [0.5, 0.6) is 0 Å². The van der Waals surface area contributed by atoms with Crippen molar-refractivity contribution in [3.63, 3.8) is 0 Å². The number of hydrogen-bond donors (Lipinski definition) is 29. The first-order valence-corrected chi connectivity index (χ1v) is 43.8. The number of carboxylic acids is 6. The van der Waals surface area contributed by atoms with E-state index in [1.807, 2.05) is 0 Å². The Labute approximate surface area is 771 Å². The molecule has 0 aromatic heterocycles. The summed E-state index contributed by atoms with van der Waals surface area (Å²) in [6.07, 6.45) is -39.3. The maximum atomic E-state index is 14.5. The molecule has 760 valence electrons. The minimum absolute atomic E-state index is 0.266. The van der Waals surface area contributed by atoms with Gasteiger partial charge >= 0.3 is 35.8 Å². The van der Waals surface area contributed by atoms with Crippen LogP contribution in [-0.2, 0) is 134 Å². The number of hydrogen-bond acceptors (Lipinski definition) is 40. The Morgan fingerprint density at radius 2 is 0.627 bits per heavy atom. The first-order valence-electron chi connectivity index (χ1n) is 41.5. The Morgan fingerprint density at radius 1 is 0.321 bits per heavy atom. The lowest BCUT2D eigenvalue weighted by Crippen LogP contribution is -2.72. The van der Waals surface area contributed by atoms with Crippen LogP contribution in [0.2, 0.25) is 0 Å². The molecule has 4 saturated heterocycles. The molecule has 33 unspecified atom stereocenters. The Morgan fingerprint density at radius 3 is 0.993 bits per heavy atom. The zero-order valence-corrected chi connectivity index (χ0v) is 75.8. The monoisotopic (exact) mass is 1970 g/mol. The number of carboxylic acid groups (broad SMARTS) is 6. The summed E-state index contributed by atoms with van der Waals surface area (Å²) in [7, 11) is 0. The van der Waals surface area contributed by atoms with E-state index in [1.165, 1.54) is 6.92 Å². The molecule has 4 aliphatic rings. The van der Waals surface area contributed by atoms with Gasteiger partial charge in [-0.2, -0.15) is 23.5 Å². The molecule has 33 atom stereocenters. The van der Waals surface area contributed by atoms with Crippen LogP contribution < -0.4 is 80.6 Å². The molecular formula is C75H121N15O42S2. The van der Waals surface area contributed by atoms with E-state index in [0.717, 1.165) is 92.8 Å². The predicted molar refractivity (Wildman–Crippen MR) is 448 cm³/mol. The van der Waals surface area contributed by atoms with Crippen LogP contribution in [0.1, 0.15) is 102 Å². The van der Waals surface area contributed by atoms with Gasteiger partial charge in [0.15, 0.2) is 25.2 Å². The van der Waals surface area contributed by atoms with Crippen LogP contribution >= 0.6 is 23.5 Å². The molecule has 0 aromatic carbocycles. The molecule has 0 aliphatic carbocycles. The molecular weight excluding hydrogens is 1850 g/mol. The fourth-order valence-electron chi connectivity index (χ4n) is 13.3. The van der Waals surface area contributed by atoms with Crippen molar-refractivity contribution < 1.29 is 205 Å².